The summed E-state index contributed by atoms with van der Waals surface area (Å²) < 4.78 is 12.1. The fourth-order valence-electron chi connectivity index (χ4n) is 4.40. The minimum Gasteiger partial charge on any atom is -0.497 e. The lowest BCUT2D eigenvalue weighted by Crippen LogP contribution is -2.32. The Bertz CT molecular complexity index is 1540. The van der Waals surface area contributed by atoms with Crippen LogP contribution < -0.4 is 25.4 Å². The van der Waals surface area contributed by atoms with Gasteiger partial charge in [-0.05, 0) is 67.9 Å². The van der Waals surface area contributed by atoms with Crippen molar-refractivity contribution in [2.24, 2.45) is 0 Å². The molecule has 1 aliphatic rings. The molecule has 5 rings (SSSR count). The molecule has 198 valence electrons. The summed E-state index contributed by atoms with van der Waals surface area (Å²) in [4.78, 5) is 26.8. The third-order valence-electron chi connectivity index (χ3n) is 6.47. The van der Waals surface area contributed by atoms with Crippen molar-refractivity contribution in [2.75, 3.05) is 30.2 Å². The summed E-state index contributed by atoms with van der Waals surface area (Å²) >= 11 is 0. The van der Waals surface area contributed by atoms with Crippen LogP contribution in [0.15, 0.2) is 84.1 Å². The standard InChI is InChI=1S/C29H28N6O4/c1-17-5-9-20(10-6-17)32-29(37)25-27-30-18(2)24(28(36)31-21-11-15-23(39-4)16-12-21)26(35(27)34-33-25)19-7-13-22(38-3)14-8-19/h5-16,26,30H,1-4H3,(H,31,36)(H,32,37). The van der Waals surface area contributed by atoms with Crippen LogP contribution >= 0.6 is 0 Å². The zero-order valence-corrected chi connectivity index (χ0v) is 22.0. The van der Waals surface area contributed by atoms with Crippen molar-refractivity contribution < 1.29 is 19.1 Å². The molecule has 0 bridgehead atoms. The number of benzene rings is 3. The Morgan fingerprint density at radius 3 is 1.92 bits per heavy atom. The van der Waals surface area contributed by atoms with Gasteiger partial charge in [-0.25, -0.2) is 4.68 Å². The maximum atomic E-state index is 13.7. The molecule has 39 heavy (non-hydrogen) atoms. The quantitative estimate of drug-likeness (QED) is 0.318. The number of ether oxygens (including phenoxy) is 2. The maximum Gasteiger partial charge on any atom is 0.280 e. The normalized spacial score (nSPS) is 14.2. The number of anilines is 3. The van der Waals surface area contributed by atoms with Crippen molar-refractivity contribution >= 4 is 29.0 Å². The molecule has 3 aromatic carbocycles. The van der Waals surface area contributed by atoms with Crippen molar-refractivity contribution in [1.82, 2.24) is 15.0 Å². The van der Waals surface area contributed by atoms with Gasteiger partial charge in [0.15, 0.2) is 11.5 Å². The second-order valence-corrected chi connectivity index (χ2v) is 9.07. The number of nitrogens with one attached hydrogen (secondary N) is 3. The van der Waals surface area contributed by atoms with Gasteiger partial charge < -0.3 is 25.4 Å². The predicted octanol–water partition coefficient (Wildman–Crippen LogP) is 4.78. The molecule has 1 unspecified atom stereocenters. The molecular weight excluding hydrogens is 496 g/mol. The third-order valence-corrected chi connectivity index (χ3v) is 6.47. The van der Waals surface area contributed by atoms with E-state index in [1.54, 1.807) is 50.1 Å². The molecule has 2 amide bonds. The minimum atomic E-state index is -0.654. The van der Waals surface area contributed by atoms with Crippen LogP contribution in [-0.4, -0.2) is 41.0 Å². The highest BCUT2D eigenvalue weighted by Gasteiger charge is 2.36. The number of allylic oxidation sites excluding steroid dienone is 1. The number of amides is 2. The van der Waals surface area contributed by atoms with Gasteiger partial charge in [-0.15, -0.1) is 5.10 Å². The van der Waals surface area contributed by atoms with Crippen LogP contribution in [0, 0.1) is 6.92 Å². The first-order chi connectivity index (χ1) is 18.9. The second-order valence-electron chi connectivity index (χ2n) is 9.07. The molecular formula is C29H28N6O4. The van der Waals surface area contributed by atoms with Gasteiger partial charge in [0.05, 0.1) is 19.8 Å². The molecule has 0 saturated carbocycles. The smallest absolute Gasteiger partial charge is 0.280 e. The Balaban J connectivity index is 1.51. The van der Waals surface area contributed by atoms with Crippen LogP contribution in [0.1, 0.15) is 34.6 Å². The number of methoxy groups -OCH3 is 2. The van der Waals surface area contributed by atoms with Crippen LogP contribution in [0.5, 0.6) is 11.5 Å². The van der Waals surface area contributed by atoms with Crippen molar-refractivity contribution in [1.29, 1.82) is 0 Å². The SMILES string of the molecule is COc1ccc(NC(=O)C2=C(C)Nc3c(C(=O)Nc4ccc(C)cc4)nnn3C2c2ccc(OC)cc2)cc1. The van der Waals surface area contributed by atoms with Crippen molar-refractivity contribution in [3.8, 4) is 11.5 Å². The molecule has 0 aliphatic carbocycles. The molecule has 3 N–H and O–H groups in total. The Morgan fingerprint density at radius 2 is 1.33 bits per heavy atom. The second kappa shape index (κ2) is 10.7. The van der Waals surface area contributed by atoms with Crippen LogP contribution in [0.25, 0.3) is 0 Å². The van der Waals surface area contributed by atoms with Crippen LogP contribution in [0.3, 0.4) is 0 Å². The zero-order valence-electron chi connectivity index (χ0n) is 22.0. The summed E-state index contributed by atoms with van der Waals surface area (Å²) in [6.45, 7) is 3.76. The molecule has 0 spiro atoms. The third kappa shape index (κ3) is 5.17. The lowest BCUT2D eigenvalue weighted by Gasteiger charge is -2.29. The zero-order chi connectivity index (χ0) is 27.5. The summed E-state index contributed by atoms with van der Waals surface area (Å²) in [5, 5.41) is 17.5. The van der Waals surface area contributed by atoms with Crippen molar-refractivity contribution in [3.63, 3.8) is 0 Å². The molecule has 4 aromatic rings. The summed E-state index contributed by atoms with van der Waals surface area (Å²) in [6, 6.07) is 21.2. The lowest BCUT2D eigenvalue weighted by atomic mass is 9.94. The highest BCUT2D eigenvalue weighted by molar-refractivity contribution is 6.08. The minimum absolute atomic E-state index is 0.114. The van der Waals surface area contributed by atoms with E-state index < -0.39 is 11.9 Å². The van der Waals surface area contributed by atoms with Gasteiger partial charge in [-0.2, -0.15) is 0 Å². The number of hydrogen-bond donors (Lipinski definition) is 3. The van der Waals surface area contributed by atoms with Gasteiger partial charge in [-0.3, -0.25) is 9.59 Å². The fraction of sp³-hybridized carbons (Fsp3) is 0.172. The van der Waals surface area contributed by atoms with Gasteiger partial charge >= 0.3 is 0 Å². The average Bonchev–Trinajstić information content (AvgIpc) is 3.37. The number of rotatable bonds is 7. The van der Waals surface area contributed by atoms with Crippen molar-refractivity contribution in [2.45, 2.75) is 19.9 Å². The molecule has 1 aromatic heterocycles. The Hall–Kier alpha value is -5.12. The fourth-order valence-corrected chi connectivity index (χ4v) is 4.40. The summed E-state index contributed by atoms with van der Waals surface area (Å²) in [5.74, 6) is 1.01. The van der Waals surface area contributed by atoms with E-state index in [0.29, 0.717) is 40.0 Å². The van der Waals surface area contributed by atoms with Gasteiger partial charge in [0.2, 0.25) is 0 Å². The van der Waals surface area contributed by atoms with Gasteiger partial charge in [0.25, 0.3) is 11.8 Å². The molecule has 0 radical (unpaired) electrons. The van der Waals surface area contributed by atoms with E-state index in [2.05, 4.69) is 26.3 Å². The Kier molecular flexibility index (Phi) is 7.00. The van der Waals surface area contributed by atoms with Crippen LogP contribution in [0.2, 0.25) is 0 Å². The predicted molar refractivity (Wildman–Crippen MR) is 148 cm³/mol. The summed E-state index contributed by atoms with van der Waals surface area (Å²) in [5.41, 5.74) is 4.22. The van der Waals surface area contributed by atoms with Gasteiger partial charge in [-0.1, -0.05) is 35.0 Å². The molecule has 0 saturated heterocycles. The van der Waals surface area contributed by atoms with E-state index in [1.807, 2.05) is 55.5 Å². The molecule has 2 heterocycles. The molecule has 1 atom stereocenters. The van der Waals surface area contributed by atoms with E-state index >= 15 is 0 Å². The lowest BCUT2D eigenvalue weighted by molar-refractivity contribution is -0.113. The monoisotopic (exact) mass is 524 g/mol. The van der Waals surface area contributed by atoms with E-state index in [4.69, 9.17) is 9.47 Å². The number of carbonyl (C=O) groups is 2. The molecule has 10 heteroatoms. The largest absolute Gasteiger partial charge is 0.497 e. The van der Waals surface area contributed by atoms with E-state index in [1.165, 1.54) is 0 Å². The number of aromatic nitrogens is 3. The summed E-state index contributed by atoms with van der Waals surface area (Å²) in [6.07, 6.45) is 0. The van der Waals surface area contributed by atoms with Crippen molar-refractivity contribution in [3.05, 3.63) is 101 Å². The number of nitrogens with zero attached hydrogens (tertiary/aromatic N) is 3. The molecule has 0 fully saturated rings. The first-order valence-corrected chi connectivity index (χ1v) is 12.3. The van der Waals surface area contributed by atoms with Crippen LogP contribution in [-0.2, 0) is 4.79 Å². The Labute approximate surface area is 225 Å². The number of carbonyl (C=O) groups excluding carboxylic acids is 2. The number of fused-ring (bicyclic) bond motifs is 1. The summed E-state index contributed by atoms with van der Waals surface area (Å²) in [7, 11) is 3.17. The molecule has 1 aliphatic heterocycles. The van der Waals surface area contributed by atoms with E-state index in [9.17, 15) is 9.59 Å². The first kappa shape index (κ1) is 25.5. The first-order valence-electron chi connectivity index (χ1n) is 12.3. The number of hydrogen-bond acceptors (Lipinski definition) is 7. The van der Waals surface area contributed by atoms with Gasteiger partial charge in [0.1, 0.15) is 17.5 Å². The van der Waals surface area contributed by atoms with Gasteiger partial charge in [0, 0.05) is 17.1 Å². The maximum absolute atomic E-state index is 13.7. The number of aryl methyl sites for hydroxylation is 1. The Morgan fingerprint density at radius 1 is 0.795 bits per heavy atom. The van der Waals surface area contributed by atoms with E-state index in [0.717, 1.165) is 11.1 Å². The highest BCUT2D eigenvalue weighted by atomic mass is 16.5. The average molecular weight is 525 g/mol. The van der Waals surface area contributed by atoms with Crippen LogP contribution in [0.4, 0.5) is 17.2 Å². The highest BCUT2D eigenvalue weighted by Crippen LogP contribution is 2.38. The molecule has 10 nitrogen and oxygen atoms in total. The van der Waals surface area contributed by atoms with E-state index in [-0.39, 0.29) is 11.6 Å². The topological polar surface area (TPSA) is 119 Å².